The van der Waals surface area contributed by atoms with Crippen molar-refractivity contribution in [2.75, 3.05) is 19.5 Å². The smallest absolute Gasteiger partial charge is 0.337 e. The van der Waals surface area contributed by atoms with Crippen LogP contribution in [0, 0.1) is 0 Å². The number of methoxy groups -OCH3 is 1. The maximum atomic E-state index is 12.7. The molecule has 26 heavy (non-hydrogen) atoms. The van der Waals surface area contributed by atoms with Crippen molar-refractivity contribution in [1.82, 2.24) is 0 Å². The van der Waals surface area contributed by atoms with Crippen molar-refractivity contribution in [3.05, 3.63) is 70.3 Å². The second-order valence-electron chi connectivity index (χ2n) is 6.07. The minimum atomic E-state index is -0.458. The van der Waals surface area contributed by atoms with E-state index in [1.165, 1.54) is 7.11 Å². The molecule has 0 aromatic heterocycles. The van der Waals surface area contributed by atoms with Gasteiger partial charge in [-0.25, -0.2) is 4.79 Å². The average Bonchev–Trinajstić information content (AvgIpc) is 2.66. The van der Waals surface area contributed by atoms with Gasteiger partial charge < -0.3 is 10.1 Å². The molecule has 0 amide bonds. The van der Waals surface area contributed by atoms with Crippen LogP contribution in [0.4, 0.5) is 5.69 Å². The highest BCUT2D eigenvalue weighted by molar-refractivity contribution is 6.25. The minimum absolute atomic E-state index is 0.0590. The number of nitrogens with one attached hydrogen (secondary N) is 1. The van der Waals surface area contributed by atoms with Crippen molar-refractivity contribution in [1.29, 1.82) is 0 Å². The monoisotopic (exact) mass is 349 g/mol. The van der Waals surface area contributed by atoms with Crippen LogP contribution in [0.1, 0.15) is 27.0 Å². The third kappa shape index (κ3) is 3.42. The molecule has 0 spiro atoms. The molecule has 0 saturated carbocycles. The fraction of sp³-hybridized carbons (Fsp3) is 0.190. The van der Waals surface area contributed by atoms with E-state index >= 15 is 0 Å². The van der Waals surface area contributed by atoms with Crippen LogP contribution in [0.5, 0.6) is 0 Å². The number of benzene rings is 2. The Morgan fingerprint density at radius 3 is 2.65 bits per heavy atom. The number of esters is 1. The molecule has 0 atom stereocenters. The summed E-state index contributed by atoms with van der Waals surface area (Å²) in [6.45, 7) is 0. The van der Waals surface area contributed by atoms with Crippen LogP contribution >= 0.6 is 0 Å². The molecule has 0 bridgehead atoms. The Balaban J connectivity index is 1.87. The largest absolute Gasteiger partial charge is 0.465 e. The lowest BCUT2D eigenvalue weighted by Gasteiger charge is -2.18. The molecule has 0 heterocycles. The minimum Gasteiger partial charge on any atom is -0.465 e. The first kappa shape index (κ1) is 17.6. The number of ketones is 2. The summed E-state index contributed by atoms with van der Waals surface area (Å²) >= 11 is 0. The third-order valence-electron chi connectivity index (χ3n) is 4.43. The molecule has 1 N–H and O–H groups in total. The van der Waals surface area contributed by atoms with E-state index in [-0.39, 0.29) is 30.0 Å². The summed E-state index contributed by atoms with van der Waals surface area (Å²) in [7, 11) is 3.11. The lowest BCUT2D eigenvalue weighted by Crippen LogP contribution is -2.21. The molecule has 0 radical (unpaired) electrons. The summed E-state index contributed by atoms with van der Waals surface area (Å²) in [6, 6.07) is 12.4. The van der Waals surface area contributed by atoms with Gasteiger partial charge in [-0.05, 0) is 41.0 Å². The van der Waals surface area contributed by atoms with Crippen molar-refractivity contribution in [3.63, 3.8) is 0 Å². The maximum absolute atomic E-state index is 12.7. The summed E-state index contributed by atoms with van der Waals surface area (Å²) in [6.07, 6.45) is 1.92. The van der Waals surface area contributed by atoms with Crippen LogP contribution < -0.4 is 5.32 Å². The van der Waals surface area contributed by atoms with Gasteiger partial charge in [0, 0.05) is 25.6 Å². The van der Waals surface area contributed by atoms with Gasteiger partial charge in [-0.15, -0.1) is 0 Å². The summed E-state index contributed by atoms with van der Waals surface area (Å²) in [5.41, 5.74) is 3.93. The number of anilines is 1. The van der Waals surface area contributed by atoms with Gasteiger partial charge in [0.05, 0.1) is 18.2 Å². The Hall–Kier alpha value is -3.21. The van der Waals surface area contributed by atoms with Crippen molar-refractivity contribution in [2.45, 2.75) is 12.8 Å². The number of carbonyl (C=O) groups is 3. The predicted molar refractivity (Wildman–Crippen MR) is 99.2 cm³/mol. The summed E-state index contributed by atoms with van der Waals surface area (Å²) in [4.78, 5) is 36.8. The molecule has 5 heteroatoms. The Bertz CT molecular complexity index is 927. The van der Waals surface area contributed by atoms with E-state index in [0.29, 0.717) is 11.1 Å². The number of hydrogen-bond acceptors (Lipinski definition) is 5. The van der Waals surface area contributed by atoms with Crippen molar-refractivity contribution < 1.29 is 19.1 Å². The van der Waals surface area contributed by atoms with Gasteiger partial charge in [-0.2, -0.15) is 0 Å². The van der Waals surface area contributed by atoms with Crippen LogP contribution in [-0.4, -0.2) is 31.7 Å². The highest BCUT2D eigenvalue weighted by atomic mass is 16.5. The molecule has 5 nitrogen and oxygen atoms in total. The van der Waals surface area contributed by atoms with Gasteiger partial charge in [0.2, 0.25) is 0 Å². The van der Waals surface area contributed by atoms with Crippen LogP contribution in [0.2, 0.25) is 0 Å². The number of carbonyl (C=O) groups excluding carboxylic acids is 3. The molecule has 132 valence electrons. The highest BCUT2D eigenvalue weighted by Gasteiger charge is 2.25. The highest BCUT2D eigenvalue weighted by Crippen LogP contribution is 2.28. The van der Waals surface area contributed by atoms with Crippen LogP contribution in [0.15, 0.2) is 48.0 Å². The normalized spacial score (nSPS) is 12.8. The standard InChI is InChI=1S/C21H19NO4/c1-22-18-8-4-6-14-11-17(20(24)12-16(14)18)19(23)10-13-5-3-7-15(9-13)21(25)26-2/h3-9,11,22H,10,12H2,1-2H3. The Kier molecular flexibility index (Phi) is 4.98. The van der Waals surface area contributed by atoms with Crippen LogP contribution in [0.25, 0.3) is 6.08 Å². The fourth-order valence-electron chi connectivity index (χ4n) is 3.11. The van der Waals surface area contributed by atoms with E-state index in [1.807, 2.05) is 18.2 Å². The number of rotatable bonds is 5. The number of fused-ring (bicyclic) bond motifs is 1. The van der Waals surface area contributed by atoms with Gasteiger partial charge in [-0.3, -0.25) is 9.59 Å². The van der Waals surface area contributed by atoms with E-state index in [0.717, 1.165) is 16.8 Å². The summed E-state index contributed by atoms with van der Waals surface area (Å²) in [5, 5.41) is 3.07. The number of ether oxygens (including phenoxy) is 1. The molecule has 0 aliphatic heterocycles. The molecular weight excluding hydrogens is 330 g/mol. The molecule has 1 aliphatic carbocycles. The topological polar surface area (TPSA) is 72.5 Å². The first-order valence-corrected chi connectivity index (χ1v) is 8.28. The first-order valence-electron chi connectivity index (χ1n) is 8.28. The lowest BCUT2D eigenvalue weighted by molar-refractivity contribution is -0.120. The van der Waals surface area contributed by atoms with Gasteiger partial charge in [0.25, 0.3) is 0 Å². The Morgan fingerprint density at radius 1 is 1.15 bits per heavy atom. The Labute approximate surface area is 151 Å². The van der Waals surface area contributed by atoms with Crippen molar-refractivity contribution in [3.8, 4) is 0 Å². The van der Waals surface area contributed by atoms with Gasteiger partial charge in [-0.1, -0.05) is 24.3 Å². The molecule has 0 fully saturated rings. The quantitative estimate of drug-likeness (QED) is 0.664. The van der Waals surface area contributed by atoms with E-state index in [9.17, 15) is 14.4 Å². The third-order valence-corrected chi connectivity index (χ3v) is 4.43. The maximum Gasteiger partial charge on any atom is 0.337 e. The SMILES string of the molecule is CNc1cccc2c1CC(=O)C(C(=O)Cc1cccc(C(=O)OC)c1)=C2. The zero-order valence-corrected chi connectivity index (χ0v) is 14.7. The molecule has 0 unspecified atom stereocenters. The van der Waals surface area contributed by atoms with Gasteiger partial charge >= 0.3 is 5.97 Å². The van der Waals surface area contributed by atoms with E-state index in [2.05, 4.69) is 5.32 Å². The van der Waals surface area contributed by atoms with Crippen molar-refractivity contribution >= 4 is 29.3 Å². The van der Waals surface area contributed by atoms with Crippen LogP contribution in [-0.2, 0) is 27.2 Å². The van der Waals surface area contributed by atoms with Crippen molar-refractivity contribution in [2.24, 2.45) is 0 Å². The second-order valence-corrected chi connectivity index (χ2v) is 6.07. The number of allylic oxidation sites excluding steroid dienone is 1. The Morgan fingerprint density at radius 2 is 1.92 bits per heavy atom. The molecule has 3 rings (SSSR count). The summed E-state index contributed by atoms with van der Waals surface area (Å²) < 4.78 is 4.70. The average molecular weight is 349 g/mol. The van der Waals surface area contributed by atoms with E-state index in [1.54, 1.807) is 37.4 Å². The van der Waals surface area contributed by atoms with Crippen LogP contribution in [0.3, 0.4) is 0 Å². The fourth-order valence-corrected chi connectivity index (χ4v) is 3.11. The molecule has 2 aromatic rings. The summed E-state index contributed by atoms with van der Waals surface area (Å²) in [5.74, 6) is -0.896. The second kappa shape index (κ2) is 7.35. The predicted octanol–water partition coefficient (Wildman–Crippen LogP) is 2.84. The molecular formula is C21H19NO4. The first-order chi connectivity index (χ1) is 12.5. The number of hydrogen-bond donors (Lipinski definition) is 1. The lowest BCUT2D eigenvalue weighted by atomic mass is 9.86. The van der Waals surface area contributed by atoms with E-state index in [4.69, 9.17) is 4.74 Å². The molecule has 0 saturated heterocycles. The zero-order chi connectivity index (χ0) is 18.7. The number of Topliss-reactive ketones (excluding diaryl/α,β-unsaturated/α-hetero) is 2. The zero-order valence-electron chi connectivity index (χ0n) is 14.7. The molecule has 2 aromatic carbocycles. The van der Waals surface area contributed by atoms with E-state index < -0.39 is 5.97 Å². The van der Waals surface area contributed by atoms with Gasteiger partial charge in [0.15, 0.2) is 11.6 Å². The van der Waals surface area contributed by atoms with Gasteiger partial charge in [0.1, 0.15) is 0 Å². The molecule has 1 aliphatic rings.